The first-order valence-corrected chi connectivity index (χ1v) is 13.7. The van der Waals surface area contributed by atoms with E-state index in [2.05, 4.69) is 20.4 Å². The van der Waals surface area contributed by atoms with Gasteiger partial charge < -0.3 is 19.0 Å². The van der Waals surface area contributed by atoms with E-state index in [1.54, 1.807) is 24.3 Å². The molecule has 0 bridgehead atoms. The van der Waals surface area contributed by atoms with Crippen LogP contribution in [-0.2, 0) is 28.9 Å². The third-order valence-corrected chi connectivity index (χ3v) is 8.90. The molecule has 2 fully saturated rings. The van der Waals surface area contributed by atoms with Gasteiger partial charge in [-0.15, -0.1) is 0 Å². The zero-order chi connectivity index (χ0) is 25.1. The molecule has 0 unspecified atom stereocenters. The molecule has 1 N–H and O–H groups in total. The fourth-order valence-corrected chi connectivity index (χ4v) is 6.23. The summed E-state index contributed by atoms with van der Waals surface area (Å²) in [6.45, 7) is 1.54. The molecule has 0 radical (unpaired) electrons. The summed E-state index contributed by atoms with van der Waals surface area (Å²) in [5.41, 5.74) is 0.994. The highest BCUT2D eigenvalue weighted by atomic mass is 32.2. The lowest BCUT2D eigenvalue weighted by Gasteiger charge is -2.12. The van der Waals surface area contributed by atoms with Gasteiger partial charge in [-0.25, -0.2) is 18.4 Å². The largest absolute Gasteiger partial charge is 0.481 e. The minimum absolute atomic E-state index is 0.0140. The maximum atomic E-state index is 13.2. The van der Waals surface area contributed by atoms with Crippen LogP contribution in [0.2, 0.25) is 0 Å². The molecule has 2 aliphatic heterocycles. The van der Waals surface area contributed by atoms with Gasteiger partial charge in [0.05, 0.1) is 37.1 Å². The van der Waals surface area contributed by atoms with Gasteiger partial charge >= 0.3 is 0 Å². The number of carbonyl (C=O) groups is 1. The van der Waals surface area contributed by atoms with Crippen molar-refractivity contribution in [2.45, 2.75) is 29.1 Å². The molecule has 2 aromatic heterocycles. The van der Waals surface area contributed by atoms with Crippen LogP contribution in [0, 0.1) is 0 Å². The maximum Gasteiger partial charge on any atom is 0.280 e. The van der Waals surface area contributed by atoms with Crippen molar-refractivity contribution >= 4 is 48.3 Å². The Morgan fingerprint density at radius 2 is 1.86 bits per heavy atom. The summed E-state index contributed by atoms with van der Waals surface area (Å²) in [6, 6.07) is 9.46. The van der Waals surface area contributed by atoms with Crippen molar-refractivity contribution in [3.8, 4) is 5.88 Å². The van der Waals surface area contributed by atoms with Crippen LogP contribution in [0.3, 0.4) is 0 Å². The van der Waals surface area contributed by atoms with E-state index in [0.29, 0.717) is 59.6 Å². The number of fused-ring (bicyclic) bond motifs is 1. The number of hydrogen-bond donors (Lipinski definition) is 1. The van der Waals surface area contributed by atoms with Crippen molar-refractivity contribution in [3.63, 3.8) is 0 Å². The van der Waals surface area contributed by atoms with E-state index in [-0.39, 0.29) is 23.3 Å². The Hall–Kier alpha value is -3.13. The fraction of sp³-hybridized carbons (Fsp3) is 0.391. The van der Waals surface area contributed by atoms with Crippen LogP contribution in [0.5, 0.6) is 5.88 Å². The number of benzene rings is 1. The second-order valence-electron chi connectivity index (χ2n) is 8.24. The van der Waals surface area contributed by atoms with Crippen LogP contribution >= 0.6 is 11.3 Å². The number of sulfone groups is 1. The van der Waals surface area contributed by atoms with Crippen LogP contribution < -0.4 is 10.1 Å². The number of hydrogen-bond acceptors (Lipinski definition) is 11. The maximum absolute atomic E-state index is 13.2. The Morgan fingerprint density at radius 1 is 1.08 bits per heavy atom. The van der Waals surface area contributed by atoms with E-state index in [1.165, 1.54) is 30.6 Å². The number of amides is 1. The topological polar surface area (TPSA) is 138 Å². The minimum Gasteiger partial charge on any atom is -0.481 e. The Balaban J connectivity index is 1.40. The number of aromatic nitrogens is 2. The van der Waals surface area contributed by atoms with Crippen molar-refractivity contribution in [1.82, 2.24) is 9.97 Å². The second-order valence-corrected chi connectivity index (χ2v) is 11.4. The van der Waals surface area contributed by atoms with E-state index in [1.807, 2.05) is 0 Å². The van der Waals surface area contributed by atoms with Crippen molar-refractivity contribution < 1.29 is 32.3 Å². The lowest BCUT2D eigenvalue weighted by Crippen LogP contribution is -2.25. The van der Waals surface area contributed by atoms with Gasteiger partial charge in [-0.3, -0.25) is 10.1 Å². The summed E-state index contributed by atoms with van der Waals surface area (Å²) >= 11 is 1.19. The molecule has 2 aliphatic rings. The quantitative estimate of drug-likeness (QED) is 0.342. The van der Waals surface area contributed by atoms with Crippen LogP contribution in [0.4, 0.5) is 5.13 Å². The van der Waals surface area contributed by atoms with Gasteiger partial charge in [0.25, 0.3) is 5.91 Å². The van der Waals surface area contributed by atoms with Crippen LogP contribution in [0.25, 0.3) is 10.3 Å². The molecule has 13 heteroatoms. The summed E-state index contributed by atoms with van der Waals surface area (Å²) in [5, 5.41) is 6.62. The molecule has 4 heterocycles. The number of carbonyl (C=O) groups excluding carboxylic acids is 1. The lowest BCUT2D eigenvalue weighted by atomic mass is 10.1. The molecule has 3 aromatic rings. The Labute approximate surface area is 211 Å². The molecule has 0 aliphatic carbocycles. The zero-order valence-electron chi connectivity index (χ0n) is 19.4. The monoisotopic (exact) mass is 532 g/mol. The van der Waals surface area contributed by atoms with Crippen LogP contribution in [0.15, 0.2) is 46.4 Å². The Bertz CT molecular complexity index is 1380. The molecule has 5 rings (SSSR count). The molecule has 190 valence electrons. The first-order chi connectivity index (χ1) is 17.4. The number of nitrogens with zero attached hydrogens (tertiary/aromatic N) is 3. The second kappa shape index (κ2) is 10.5. The average molecular weight is 533 g/mol. The Kier molecular flexibility index (Phi) is 7.14. The number of oxime groups is 1. The molecular weight excluding hydrogens is 508 g/mol. The lowest BCUT2D eigenvalue weighted by molar-refractivity contribution is -0.110. The van der Waals surface area contributed by atoms with Gasteiger partial charge in [0.2, 0.25) is 5.88 Å². The number of pyridine rings is 1. The summed E-state index contributed by atoms with van der Waals surface area (Å²) in [5.74, 6) is -0.114. The van der Waals surface area contributed by atoms with E-state index in [0.717, 1.165) is 0 Å². The number of thiazole rings is 1. The molecule has 11 nitrogen and oxygen atoms in total. The summed E-state index contributed by atoms with van der Waals surface area (Å²) in [7, 11) is -2.01. The fourth-order valence-electron chi connectivity index (χ4n) is 3.82. The van der Waals surface area contributed by atoms with E-state index < -0.39 is 21.0 Å². The highest BCUT2D eigenvalue weighted by Gasteiger charge is 2.31. The van der Waals surface area contributed by atoms with Gasteiger partial charge in [-0.1, -0.05) is 28.6 Å². The van der Waals surface area contributed by atoms with Gasteiger partial charge in [-0.05, 0) is 24.6 Å². The number of anilines is 1. The Morgan fingerprint density at radius 3 is 2.56 bits per heavy atom. The van der Waals surface area contributed by atoms with E-state index in [9.17, 15) is 13.2 Å². The number of nitrogens with one attached hydrogen (secondary N) is 1. The number of ether oxygens (including phenoxy) is 3. The van der Waals surface area contributed by atoms with Gasteiger partial charge in [-0.2, -0.15) is 0 Å². The highest BCUT2D eigenvalue weighted by molar-refractivity contribution is 7.92. The molecule has 2 saturated heterocycles. The van der Waals surface area contributed by atoms with Crippen molar-refractivity contribution in [1.29, 1.82) is 0 Å². The standard InChI is InChI=1S/C23H24N4O7S2/c1-31-19-7-6-18-22(25-19)35-23(24-18)26-21(28)20(27-34-15-8-10-32-12-15)14-2-4-16(5-3-14)36(29,30)17-9-11-33-13-17/h2-7,15,17H,8-13H2,1H3,(H,24,26,28)/t15-,17+/m1/s1. The molecule has 0 saturated carbocycles. The molecule has 1 aromatic carbocycles. The van der Waals surface area contributed by atoms with Gasteiger partial charge in [0.15, 0.2) is 26.8 Å². The molecule has 36 heavy (non-hydrogen) atoms. The van der Waals surface area contributed by atoms with Crippen LogP contribution in [-0.4, -0.2) is 74.9 Å². The van der Waals surface area contributed by atoms with E-state index >= 15 is 0 Å². The first-order valence-electron chi connectivity index (χ1n) is 11.3. The summed E-state index contributed by atoms with van der Waals surface area (Å²) < 4.78 is 41.4. The van der Waals surface area contributed by atoms with Crippen molar-refractivity contribution in [2.24, 2.45) is 5.16 Å². The molecular formula is C23H24N4O7S2. The highest BCUT2D eigenvalue weighted by Crippen LogP contribution is 2.27. The predicted molar refractivity (Wildman–Crippen MR) is 132 cm³/mol. The molecule has 1 amide bonds. The summed E-state index contributed by atoms with van der Waals surface area (Å²) in [4.78, 5) is 28.3. The molecule has 0 spiro atoms. The third kappa shape index (κ3) is 5.19. The number of rotatable bonds is 8. The van der Waals surface area contributed by atoms with Crippen molar-refractivity contribution in [2.75, 3.05) is 38.9 Å². The van der Waals surface area contributed by atoms with Crippen LogP contribution in [0.1, 0.15) is 18.4 Å². The van der Waals surface area contributed by atoms with Gasteiger partial charge in [0, 0.05) is 24.7 Å². The number of methoxy groups -OCH3 is 1. The smallest absolute Gasteiger partial charge is 0.280 e. The SMILES string of the molecule is COc1ccc2nc(NC(=O)C(=NO[C@@H]3CCOC3)c3ccc(S(=O)(=O)[C@H]4CCOC4)cc3)sc2n1. The minimum atomic E-state index is -3.53. The first kappa shape index (κ1) is 24.6. The summed E-state index contributed by atoms with van der Waals surface area (Å²) in [6.07, 6.45) is 0.845. The average Bonchev–Trinajstić information content (AvgIpc) is 3.66. The van der Waals surface area contributed by atoms with Gasteiger partial charge in [0.1, 0.15) is 10.3 Å². The molecule has 2 atom stereocenters. The zero-order valence-corrected chi connectivity index (χ0v) is 21.0. The normalized spacial score (nSPS) is 20.5. The third-order valence-electron chi connectivity index (χ3n) is 5.84. The van der Waals surface area contributed by atoms with E-state index in [4.69, 9.17) is 19.0 Å². The van der Waals surface area contributed by atoms with Crippen molar-refractivity contribution in [3.05, 3.63) is 42.0 Å². The predicted octanol–water partition coefficient (Wildman–Crippen LogP) is 2.41.